The summed E-state index contributed by atoms with van der Waals surface area (Å²) in [5, 5.41) is 13.4. The molecule has 106 valence electrons. The van der Waals surface area contributed by atoms with Crippen molar-refractivity contribution in [1.29, 1.82) is 0 Å². The van der Waals surface area contributed by atoms with E-state index in [1.807, 2.05) is 6.07 Å². The number of aliphatic hydroxyl groups is 1. The first kappa shape index (κ1) is 14.4. The molecule has 0 radical (unpaired) electrons. The number of hydrogen-bond donors (Lipinski definition) is 2. The molecule has 0 heterocycles. The first-order chi connectivity index (χ1) is 9.10. The van der Waals surface area contributed by atoms with Gasteiger partial charge >= 0.3 is 0 Å². The van der Waals surface area contributed by atoms with Crippen molar-refractivity contribution in [2.24, 2.45) is 0 Å². The van der Waals surface area contributed by atoms with E-state index < -0.39 is 0 Å². The lowest BCUT2D eigenvalue weighted by molar-refractivity contribution is 0.109. The maximum Gasteiger partial charge on any atom is 0.123 e. The van der Waals surface area contributed by atoms with Crippen LogP contribution in [0.1, 0.15) is 49.8 Å². The van der Waals surface area contributed by atoms with Crippen molar-refractivity contribution >= 4 is 0 Å². The lowest BCUT2D eigenvalue weighted by Gasteiger charge is -2.30. The van der Waals surface area contributed by atoms with Gasteiger partial charge in [-0.3, -0.25) is 0 Å². The number of hydrogen-bond acceptors (Lipinski definition) is 3. The van der Waals surface area contributed by atoms with E-state index in [0.29, 0.717) is 6.04 Å². The number of methoxy groups -OCH3 is 1. The Morgan fingerprint density at radius 3 is 2.84 bits per heavy atom. The summed E-state index contributed by atoms with van der Waals surface area (Å²) in [7, 11) is 1.71. The molecule has 2 rings (SSSR count). The van der Waals surface area contributed by atoms with Crippen LogP contribution in [0, 0.1) is 6.92 Å². The van der Waals surface area contributed by atoms with Gasteiger partial charge in [0.05, 0.1) is 13.2 Å². The van der Waals surface area contributed by atoms with E-state index in [1.54, 1.807) is 7.11 Å². The molecule has 1 saturated carbocycles. The van der Waals surface area contributed by atoms with Gasteiger partial charge in [0, 0.05) is 17.6 Å². The lowest BCUT2D eigenvalue weighted by atomic mass is 9.92. The van der Waals surface area contributed by atoms with E-state index in [0.717, 1.165) is 31.4 Å². The molecule has 3 heteroatoms. The molecule has 0 amide bonds. The minimum absolute atomic E-state index is 0.141. The topological polar surface area (TPSA) is 41.5 Å². The second-order valence-corrected chi connectivity index (χ2v) is 5.65. The maximum atomic E-state index is 9.74. The minimum atomic E-state index is -0.141. The number of aliphatic hydroxyl groups excluding tert-OH is 1. The molecule has 3 unspecified atom stereocenters. The van der Waals surface area contributed by atoms with Crippen LogP contribution in [0.2, 0.25) is 0 Å². The third kappa shape index (κ3) is 3.71. The third-order valence-corrected chi connectivity index (χ3v) is 3.98. The zero-order chi connectivity index (χ0) is 13.8. The van der Waals surface area contributed by atoms with Gasteiger partial charge in [-0.25, -0.2) is 0 Å². The monoisotopic (exact) mass is 263 g/mol. The number of nitrogens with one attached hydrogen (secondary N) is 1. The first-order valence-corrected chi connectivity index (χ1v) is 7.18. The summed E-state index contributed by atoms with van der Waals surface area (Å²) in [6, 6.07) is 6.92. The van der Waals surface area contributed by atoms with Crippen LogP contribution in [-0.2, 0) is 0 Å². The van der Waals surface area contributed by atoms with Crippen LogP contribution in [0.15, 0.2) is 18.2 Å². The van der Waals surface area contributed by atoms with Crippen molar-refractivity contribution in [3.05, 3.63) is 29.3 Å². The molecule has 19 heavy (non-hydrogen) atoms. The number of ether oxygens (including phenoxy) is 1. The third-order valence-electron chi connectivity index (χ3n) is 3.98. The van der Waals surface area contributed by atoms with Gasteiger partial charge in [0.1, 0.15) is 5.75 Å². The van der Waals surface area contributed by atoms with Crippen molar-refractivity contribution < 1.29 is 9.84 Å². The van der Waals surface area contributed by atoms with Gasteiger partial charge in [-0.15, -0.1) is 0 Å². The van der Waals surface area contributed by atoms with Gasteiger partial charge in [0.25, 0.3) is 0 Å². The van der Waals surface area contributed by atoms with E-state index in [2.05, 4.69) is 31.3 Å². The first-order valence-electron chi connectivity index (χ1n) is 7.18. The molecule has 3 nitrogen and oxygen atoms in total. The fourth-order valence-corrected chi connectivity index (χ4v) is 2.95. The standard InChI is InChI=1S/C16H25NO2/c1-11-7-8-16(19-3)15(9-11)12(2)17-13-5-4-6-14(18)10-13/h7-9,12-14,17-18H,4-6,10H2,1-3H3. The second kappa shape index (κ2) is 6.40. The average molecular weight is 263 g/mol. The van der Waals surface area contributed by atoms with Gasteiger partial charge in [-0.1, -0.05) is 17.7 Å². The van der Waals surface area contributed by atoms with E-state index >= 15 is 0 Å². The SMILES string of the molecule is COc1ccc(C)cc1C(C)NC1CCCC(O)C1. The normalized spacial score (nSPS) is 25.1. The summed E-state index contributed by atoms with van der Waals surface area (Å²) in [4.78, 5) is 0. The van der Waals surface area contributed by atoms with Crippen LogP contribution in [0.3, 0.4) is 0 Å². The van der Waals surface area contributed by atoms with E-state index in [4.69, 9.17) is 4.74 Å². The molecular weight excluding hydrogens is 238 g/mol. The Balaban J connectivity index is 2.06. The van der Waals surface area contributed by atoms with Crippen molar-refractivity contribution in [1.82, 2.24) is 5.32 Å². The van der Waals surface area contributed by atoms with Gasteiger partial charge in [0.15, 0.2) is 0 Å². The van der Waals surface area contributed by atoms with Crippen LogP contribution in [-0.4, -0.2) is 24.4 Å². The van der Waals surface area contributed by atoms with Gasteiger partial charge in [-0.2, -0.15) is 0 Å². The Morgan fingerprint density at radius 1 is 1.37 bits per heavy atom. The smallest absolute Gasteiger partial charge is 0.123 e. The highest BCUT2D eigenvalue weighted by molar-refractivity contribution is 5.38. The second-order valence-electron chi connectivity index (χ2n) is 5.65. The summed E-state index contributed by atoms with van der Waals surface area (Å²) in [6.45, 7) is 4.26. The zero-order valence-corrected chi connectivity index (χ0v) is 12.1. The lowest BCUT2D eigenvalue weighted by Crippen LogP contribution is -2.37. The Kier molecular flexibility index (Phi) is 4.83. The molecule has 1 aliphatic rings. The van der Waals surface area contributed by atoms with Crippen molar-refractivity contribution in [3.8, 4) is 5.75 Å². The van der Waals surface area contributed by atoms with Gasteiger partial charge in [-0.05, 0) is 45.6 Å². The van der Waals surface area contributed by atoms with Crippen LogP contribution in [0.4, 0.5) is 0 Å². The molecule has 0 aromatic heterocycles. The van der Waals surface area contributed by atoms with E-state index in [-0.39, 0.29) is 12.1 Å². The molecule has 0 spiro atoms. The van der Waals surface area contributed by atoms with Gasteiger partial charge < -0.3 is 15.2 Å². The number of aryl methyl sites for hydroxylation is 1. The number of rotatable bonds is 4. The summed E-state index contributed by atoms with van der Waals surface area (Å²) >= 11 is 0. The predicted octanol–water partition coefficient (Wildman–Crippen LogP) is 2.96. The minimum Gasteiger partial charge on any atom is -0.496 e. The Labute approximate surface area is 116 Å². The number of benzene rings is 1. The average Bonchev–Trinajstić information content (AvgIpc) is 2.38. The maximum absolute atomic E-state index is 9.74. The van der Waals surface area contributed by atoms with Crippen molar-refractivity contribution in [2.45, 2.75) is 57.7 Å². The van der Waals surface area contributed by atoms with Crippen LogP contribution in [0.25, 0.3) is 0 Å². The molecule has 0 bridgehead atoms. The zero-order valence-electron chi connectivity index (χ0n) is 12.1. The molecule has 0 aliphatic heterocycles. The highest BCUT2D eigenvalue weighted by Crippen LogP contribution is 2.28. The fraction of sp³-hybridized carbons (Fsp3) is 0.625. The highest BCUT2D eigenvalue weighted by Gasteiger charge is 2.22. The van der Waals surface area contributed by atoms with Crippen LogP contribution < -0.4 is 10.1 Å². The Bertz CT molecular complexity index is 419. The summed E-state index contributed by atoms with van der Waals surface area (Å²) < 4.78 is 5.44. The fourth-order valence-electron chi connectivity index (χ4n) is 2.95. The molecule has 0 saturated heterocycles. The summed E-state index contributed by atoms with van der Waals surface area (Å²) in [5.74, 6) is 0.932. The van der Waals surface area contributed by atoms with Gasteiger partial charge in [0.2, 0.25) is 0 Å². The Hall–Kier alpha value is -1.06. The highest BCUT2D eigenvalue weighted by atomic mass is 16.5. The molecule has 1 aromatic rings. The van der Waals surface area contributed by atoms with E-state index in [9.17, 15) is 5.11 Å². The molecular formula is C16H25NO2. The van der Waals surface area contributed by atoms with E-state index in [1.165, 1.54) is 11.1 Å². The van der Waals surface area contributed by atoms with Crippen LogP contribution >= 0.6 is 0 Å². The van der Waals surface area contributed by atoms with Crippen LogP contribution in [0.5, 0.6) is 5.75 Å². The van der Waals surface area contributed by atoms with Crippen molar-refractivity contribution in [2.75, 3.05) is 7.11 Å². The molecule has 1 aromatic carbocycles. The van der Waals surface area contributed by atoms with Crippen molar-refractivity contribution in [3.63, 3.8) is 0 Å². The summed E-state index contributed by atoms with van der Waals surface area (Å²) in [6.07, 6.45) is 3.92. The largest absolute Gasteiger partial charge is 0.496 e. The molecule has 3 atom stereocenters. The molecule has 1 aliphatic carbocycles. The quantitative estimate of drug-likeness (QED) is 0.877. The summed E-state index contributed by atoms with van der Waals surface area (Å²) in [5.41, 5.74) is 2.44. The Morgan fingerprint density at radius 2 is 2.16 bits per heavy atom. The predicted molar refractivity (Wildman–Crippen MR) is 77.5 cm³/mol. The molecule has 2 N–H and O–H groups in total. The molecule has 1 fully saturated rings.